The third kappa shape index (κ3) is 3.08. The molecule has 5 nitrogen and oxygen atoms in total. The Bertz CT molecular complexity index is 672. The maximum atomic E-state index is 12.3. The van der Waals surface area contributed by atoms with Gasteiger partial charge < -0.3 is 14.0 Å². The lowest BCUT2D eigenvalue weighted by atomic mass is 9.95. The number of likely N-dealkylation sites (tertiary alicyclic amines) is 1. The van der Waals surface area contributed by atoms with Crippen LogP contribution in [0.4, 0.5) is 4.79 Å². The van der Waals surface area contributed by atoms with Crippen molar-refractivity contribution in [1.29, 1.82) is 0 Å². The average molecular weight is 301 g/mol. The average Bonchev–Trinajstić information content (AvgIpc) is 2.89. The van der Waals surface area contributed by atoms with E-state index in [9.17, 15) is 4.79 Å². The third-order valence-electron chi connectivity index (χ3n) is 3.94. The van der Waals surface area contributed by atoms with E-state index in [1.54, 1.807) is 0 Å². The van der Waals surface area contributed by atoms with E-state index >= 15 is 0 Å². The molecule has 22 heavy (non-hydrogen) atoms. The number of aromatic nitrogens is 2. The molecule has 0 radical (unpaired) electrons. The van der Waals surface area contributed by atoms with Gasteiger partial charge in [-0.2, -0.15) is 0 Å². The van der Waals surface area contributed by atoms with Crippen molar-refractivity contribution in [2.75, 3.05) is 13.1 Å². The topological polar surface area (TPSA) is 46.8 Å². The maximum Gasteiger partial charge on any atom is 0.410 e. The molecule has 2 aromatic heterocycles. The van der Waals surface area contributed by atoms with Gasteiger partial charge in [0.2, 0.25) is 0 Å². The van der Waals surface area contributed by atoms with Crippen LogP contribution in [0.25, 0.3) is 5.65 Å². The number of hydrogen-bond acceptors (Lipinski definition) is 3. The van der Waals surface area contributed by atoms with Crippen LogP contribution in [-0.2, 0) is 4.74 Å². The van der Waals surface area contributed by atoms with Crippen molar-refractivity contribution >= 4 is 11.7 Å². The van der Waals surface area contributed by atoms with Gasteiger partial charge in [0, 0.05) is 37.1 Å². The molecule has 5 heteroatoms. The third-order valence-corrected chi connectivity index (χ3v) is 3.94. The lowest BCUT2D eigenvalue weighted by Crippen LogP contribution is -2.42. The van der Waals surface area contributed by atoms with E-state index in [1.807, 2.05) is 56.3 Å². The fraction of sp³-hybridized carbons (Fsp3) is 0.529. The lowest BCUT2D eigenvalue weighted by molar-refractivity contribution is 0.0197. The molecule has 1 atom stereocenters. The molecule has 0 spiro atoms. The Balaban J connectivity index is 1.77. The molecular formula is C17H23N3O2. The molecule has 1 saturated heterocycles. The standard InChI is InChI=1S/C17H23N3O2/c1-17(2,3)22-16(21)19-9-6-7-13(12-19)14-11-18-15-8-4-5-10-20(14)15/h4-5,8,10-11,13H,6-7,9,12H2,1-3H3. The van der Waals surface area contributed by atoms with Gasteiger partial charge in [-0.25, -0.2) is 9.78 Å². The second-order valence-corrected chi connectivity index (χ2v) is 6.88. The zero-order valence-corrected chi connectivity index (χ0v) is 13.5. The molecule has 0 aliphatic carbocycles. The fourth-order valence-electron chi connectivity index (χ4n) is 2.97. The van der Waals surface area contributed by atoms with Gasteiger partial charge in [0.1, 0.15) is 11.2 Å². The van der Waals surface area contributed by atoms with Crippen LogP contribution in [0.1, 0.15) is 45.2 Å². The van der Waals surface area contributed by atoms with Crippen molar-refractivity contribution in [1.82, 2.24) is 14.3 Å². The molecule has 3 heterocycles. The van der Waals surface area contributed by atoms with Gasteiger partial charge in [0.15, 0.2) is 0 Å². The van der Waals surface area contributed by atoms with Crippen LogP contribution in [-0.4, -0.2) is 39.1 Å². The normalized spacial score (nSPS) is 19.4. The molecule has 3 rings (SSSR count). The molecule has 0 aromatic carbocycles. The second kappa shape index (κ2) is 5.63. The molecule has 2 aromatic rings. The van der Waals surface area contributed by atoms with Gasteiger partial charge >= 0.3 is 6.09 Å². The Labute approximate surface area is 130 Å². The zero-order valence-electron chi connectivity index (χ0n) is 13.5. The Hall–Kier alpha value is -2.04. The summed E-state index contributed by atoms with van der Waals surface area (Å²) >= 11 is 0. The minimum Gasteiger partial charge on any atom is -0.444 e. The molecule has 1 aliphatic rings. The van der Waals surface area contributed by atoms with Crippen molar-refractivity contribution in [3.63, 3.8) is 0 Å². The summed E-state index contributed by atoms with van der Waals surface area (Å²) < 4.78 is 7.61. The van der Waals surface area contributed by atoms with Crippen molar-refractivity contribution in [3.8, 4) is 0 Å². The highest BCUT2D eigenvalue weighted by Gasteiger charge is 2.29. The van der Waals surface area contributed by atoms with Gasteiger partial charge in [0.05, 0.1) is 0 Å². The van der Waals surface area contributed by atoms with E-state index in [1.165, 1.54) is 5.69 Å². The van der Waals surface area contributed by atoms with Crippen LogP contribution >= 0.6 is 0 Å². The van der Waals surface area contributed by atoms with Gasteiger partial charge in [-0.05, 0) is 45.7 Å². The van der Waals surface area contributed by atoms with Crippen LogP contribution in [0.5, 0.6) is 0 Å². The number of carbonyl (C=O) groups excluding carboxylic acids is 1. The van der Waals surface area contributed by atoms with E-state index in [-0.39, 0.29) is 6.09 Å². The molecule has 0 saturated carbocycles. The molecule has 118 valence electrons. The highest BCUT2D eigenvalue weighted by atomic mass is 16.6. The first-order chi connectivity index (χ1) is 10.4. The summed E-state index contributed by atoms with van der Waals surface area (Å²) in [6, 6.07) is 5.99. The minimum absolute atomic E-state index is 0.217. The summed E-state index contributed by atoms with van der Waals surface area (Å²) in [7, 11) is 0. The maximum absolute atomic E-state index is 12.3. The highest BCUT2D eigenvalue weighted by Crippen LogP contribution is 2.28. The van der Waals surface area contributed by atoms with Crippen LogP contribution in [0.15, 0.2) is 30.6 Å². The van der Waals surface area contributed by atoms with Gasteiger partial charge in [-0.1, -0.05) is 6.07 Å². The summed E-state index contributed by atoms with van der Waals surface area (Å²) in [6.07, 6.45) is 5.81. The smallest absolute Gasteiger partial charge is 0.410 e. The highest BCUT2D eigenvalue weighted by molar-refractivity contribution is 5.68. The molecule has 1 aliphatic heterocycles. The largest absolute Gasteiger partial charge is 0.444 e. The van der Waals surface area contributed by atoms with Crippen molar-refractivity contribution < 1.29 is 9.53 Å². The van der Waals surface area contributed by atoms with Crippen LogP contribution in [0.3, 0.4) is 0 Å². The van der Waals surface area contributed by atoms with E-state index in [0.29, 0.717) is 12.5 Å². The molecule has 1 unspecified atom stereocenters. The van der Waals surface area contributed by atoms with Crippen molar-refractivity contribution in [2.45, 2.75) is 45.1 Å². The number of ether oxygens (including phenoxy) is 1. The predicted molar refractivity (Wildman–Crippen MR) is 85.0 cm³/mol. The minimum atomic E-state index is -0.451. The van der Waals surface area contributed by atoms with Gasteiger partial charge in [0.25, 0.3) is 0 Å². The zero-order chi connectivity index (χ0) is 15.7. The van der Waals surface area contributed by atoms with Gasteiger partial charge in [-0.15, -0.1) is 0 Å². The van der Waals surface area contributed by atoms with E-state index < -0.39 is 5.60 Å². The summed E-state index contributed by atoms with van der Waals surface area (Å²) in [5, 5.41) is 0. The van der Waals surface area contributed by atoms with Crippen molar-refractivity contribution in [2.24, 2.45) is 0 Å². The Kier molecular flexibility index (Phi) is 3.81. The number of carbonyl (C=O) groups is 1. The SMILES string of the molecule is CC(C)(C)OC(=O)N1CCCC(c2cnc3ccccn23)C1. The van der Waals surface area contributed by atoms with E-state index in [4.69, 9.17) is 4.74 Å². The lowest BCUT2D eigenvalue weighted by Gasteiger charge is -2.34. The Morgan fingerprint density at radius 3 is 2.95 bits per heavy atom. The van der Waals surface area contributed by atoms with E-state index in [0.717, 1.165) is 25.0 Å². The number of imidazole rings is 1. The number of pyridine rings is 1. The summed E-state index contributed by atoms with van der Waals surface area (Å²) in [5.41, 5.74) is 1.67. The van der Waals surface area contributed by atoms with Gasteiger partial charge in [-0.3, -0.25) is 0 Å². The number of amides is 1. The Morgan fingerprint density at radius 1 is 1.36 bits per heavy atom. The first-order valence-corrected chi connectivity index (χ1v) is 7.84. The predicted octanol–water partition coefficient (Wildman–Crippen LogP) is 3.45. The first-order valence-electron chi connectivity index (χ1n) is 7.84. The van der Waals surface area contributed by atoms with Crippen LogP contribution in [0.2, 0.25) is 0 Å². The van der Waals surface area contributed by atoms with Crippen molar-refractivity contribution in [3.05, 3.63) is 36.3 Å². The fourth-order valence-corrected chi connectivity index (χ4v) is 2.97. The number of fused-ring (bicyclic) bond motifs is 1. The summed E-state index contributed by atoms with van der Waals surface area (Å²) in [4.78, 5) is 18.5. The monoisotopic (exact) mass is 301 g/mol. The number of rotatable bonds is 1. The quantitative estimate of drug-likeness (QED) is 0.810. The summed E-state index contributed by atoms with van der Waals surface area (Å²) in [5.74, 6) is 0.304. The second-order valence-electron chi connectivity index (χ2n) is 6.88. The Morgan fingerprint density at radius 2 is 2.18 bits per heavy atom. The summed E-state index contributed by atoms with van der Waals surface area (Å²) in [6.45, 7) is 7.16. The molecule has 1 amide bonds. The molecule has 0 N–H and O–H groups in total. The number of nitrogens with zero attached hydrogens (tertiary/aromatic N) is 3. The number of piperidine rings is 1. The van der Waals surface area contributed by atoms with E-state index in [2.05, 4.69) is 9.38 Å². The number of hydrogen-bond donors (Lipinski definition) is 0. The van der Waals surface area contributed by atoms with Crippen LogP contribution in [0, 0.1) is 0 Å². The molecular weight excluding hydrogens is 278 g/mol. The first kappa shape index (κ1) is 14.9. The van der Waals surface area contributed by atoms with Crippen LogP contribution < -0.4 is 0 Å². The molecule has 0 bridgehead atoms. The molecule has 1 fully saturated rings.